The van der Waals surface area contributed by atoms with Crippen molar-refractivity contribution in [3.05, 3.63) is 11.7 Å². The summed E-state index contributed by atoms with van der Waals surface area (Å²) in [4.78, 5) is 6.99. The van der Waals surface area contributed by atoms with Crippen LogP contribution in [0.1, 0.15) is 49.9 Å². The highest BCUT2D eigenvalue weighted by Gasteiger charge is 2.37. The summed E-state index contributed by atoms with van der Waals surface area (Å²) >= 11 is 0. The molecule has 0 radical (unpaired) electrons. The molecule has 2 N–H and O–H groups in total. The number of hydrogen-bond donors (Lipinski definition) is 1. The van der Waals surface area contributed by atoms with Gasteiger partial charge in [0.25, 0.3) is 0 Å². The first-order valence-corrected chi connectivity index (χ1v) is 7.69. The van der Waals surface area contributed by atoms with Crippen LogP contribution >= 0.6 is 0 Å². The van der Waals surface area contributed by atoms with Crippen molar-refractivity contribution >= 4 is 0 Å². The summed E-state index contributed by atoms with van der Waals surface area (Å²) in [7, 11) is 0. The minimum absolute atomic E-state index is 0.0445. The second-order valence-electron chi connectivity index (χ2n) is 6.55. The molecule has 1 saturated carbocycles. The summed E-state index contributed by atoms with van der Waals surface area (Å²) in [5.74, 6) is 1.35. The van der Waals surface area contributed by atoms with Gasteiger partial charge >= 0.3 is 0 Å². The Morgan fingerprint density at radius 2 is 2.25 bits per heavy atom. The molecular formula is C14H22N4O2. The molecule has 0 bridgehead atoms. The third kappa shape index (κ3) is 2.25. The van der Waals surface area contributed by atoms with E-state index >= 15 is 0 Å². The van der Waals surface area contributed by atoms with Crippen molar-refractivity contribution in [3.8, 4) is 0 Å². The van der Waals surface area contributed by atoms with Gasteiger partial charge < -0.3 is 15.0 Å². The van der Waals surface area contributed by atoms with Crippen LogP contribution in [0.25, 0.3) is 0 Å². The lowest BCUT2D eigenvalue weighted by Gasteiger charge is -2.36. The summed E-state index contributed by atoms with van der Waals surface area (Å²) in [6, 6.07) is 0.597. The molecule has 3 heterocycles. The summed E-state index contributed by atoms with van der Waals surface area (Å²) in [6.07, 6.45) is 6.49. The van der Waals surface area contributed by atoms with Gasteiger partial charge in [0.1, 0.15) is 6.10 Å². The fourth-order valence-corrected chi connectivity index (χ4v) is 3.55. The van der Waals surface area contributed by atoms with Gasteiger partial charge in [-0.3, -0.25) is 4.90 Å². The first kappa shape index (κ1) is 12.7. The van der Waals surface area contributed by atoms with Crippen molar-refractivity contribution in [3.63, 3.8) is 0 Å². The van der Waals surface area contributed by atoms with Crippen molar-refractivity contribution in [1.82, 2.24) is 15.0 Å². The Morgan fingerprint density at radius 3 is 3.05 bits per heavy atom. The predicted molar refractivity (Wildman–Crippen MR) is 72.1 cm³/mol. The average molecular weight is 278 g/mol. The molecule has 0 amide bonds. The highest BCUT2D eigenvalue weighted by atomic mass is 16.5. The van der Waals surface area contributed by atoms with Gasteiger partial charge in [0.15, 0.2) is 0 Å². The molecule has 2 aliphatic heterocycles. The molecule has 6 heteroatoms. The van der Waals surface area contributed by atoms with Crippen LogP contribution in [0.2, 0.25) is 0 Å². The van der Waals surface area contributed by atoms with E-state index in [1.165, 1.54) is 25.8 Å². The van der Waals surface area contributed by atoms with E-state index in [0.717, 1.165) is 26.0 Å². The number of rotatable bonds is 3. The van der Waals surface area contributed by atoms with Crippen molar-refractivity contribution in [2.75, 3.05) is 19.7 Å². The lowest BCUT2D eigenvalue weighted by Crippen LogP contribution is -2.48. The lowest BCUT2D eigenvalue weighted by molar-refractivity contribution is -0.0548. The number of ether oxygens (including phenoxy) is 1. The van der Waals surface area contributed by atoms with Crippen molar-refractivity contribution in [1.29, 1.82) is 0 Å². The molecule has 20 heavy (non-hydrogen) atoms. The summed E-state index contributed by atoms with van der Waals surface area (Å²) < 4.78 is 11.3. The third-order valence-electron chi connectivity index (χ3n) is 5.01. The maximum Gasteiger partial charge on any atom is 0.228 e. The first-order chi connectivity index (χ1) is 9.72. The monoisotopic (exact) mass is 278 g/mol. The second kappa shape index (κ2) is 4.79. The Bertz CT molecular complexity index is 485. The van der Waals surface area contributed by atoms with Gasteiger partial charge in [0.2, 0.25) is 11.7 Å². The predicted octanol–water partition coefficient (Wildman–Crippen LogP) is 1.03. The zero-order valence-electron chi connectivity index (χ0n) is 11.8. The molecule has 3 fully saturated rings. The van der Waals surface area contributed by atoms with Gasteiger partial charge in [-0.15, -0.1) is 0 Å². The maximum absolute atomic E-state index is 6.23. The number of fused-ring (bicyclic) bond motifs is 1. The van der Waals surface area contributed by atoms with Crippen molar-refractivity contribution < 1.29 is 9.26 Å². The summed E-state index contributed by atoms with van der Waals surface area (Å²) in [5, 5.41) is 4.10. The molecule has 0 spiro atoms. The van der Waals surface area contributed by atoms with Crippen LogP contribution in [0.5, 0.6) is 0 Å². The van der Waals surface area contributed by atoms with Crippen LogP contribution in [0.3, 0.4) is 0 Å². The van der Waals surface area contributed by atoms with Gasteiger partial charge in [-0.2, -0.15) is 4.98 Å². The van der Waals surface area contributed by atoms with Crippen LogP contribution in [-0.4, -0.2) is 46.3 Å². The fraction of sp³-hybridized carbons (Fsp3) is 0.857. The van der Waals surface area contributed by atoms with Crippen LogP contribution in [0.4, 0.5) is 0 Å². The maximum atomic E-state index is 6.23. The number of aromatic nitrogens is 2. The van der Waals surface area contributed by atoms with E-state index in [2.05, 4.69) is 15.0 Å². The fourth-order valence-electron chi connectivity index (χ4n) is 3.55. The molecule has 0 aromatic carbocycles. The Kier molecular flexibility index (Phi) is 3.05. The molecular weight excluding hydrogens is 256 g/mol. The van der Waals surface area contributed by atoms with E-state index in [0.29, 0.717) is 24.2 Å². The Labute approximate surface area is 118 Å². The minimum Gasteiger partial charge on any atom is -0.367 e. The topological polar surface area (TPSA) is 77.4 Å². The third-order valence-corrected chi connectivity index (χ3v) is 5.01. The quantitative estimate of drug-likeness (QED) is 0.890. The average Bonchev–Trinajstić information content (AvgIpc) is 3.04. The largest absolute Gasteiger partial charge is 0.367 e. The van der Waals surface area contributed by atoms with Crippen LogP contribution in [0, 0.1) is 0 Å². The summed E-state index contributed by atoms with van der Waals surface area (Å²) in [5.41, 5.74) is 6.11. The number of morpholine rings is 1. The zero-order chi connectivity index (χ0) is 13.6. The molecule has 3 aliphatic rings. The zero-order valence-corrected chi connectivity index (χ0v) is 11.8. The molecule has 2 saturated heterocycles. The second-order valence-corrected chi connectivity index (χ2v) is 6.55. The Balaban J connectivity index is 1.42. The molecule has 4 rings (SSSR count). The molecule has 110 valence electrons. The van der Waals surface area contributed by atoms with E-state index in [1.54, 1.807) is 0 Å². The molecule has 2 unspecified atom stereocenters. The van der Waals surface area contributed by atoms with E-state index in [4.69, 9.17) is 15.0 Å². The standard InChI is InChI=1S/C14H22N4O2/c15-14(4-2-5-14)7-12-16-13(17-20-12)11-8-18-6-1-3-10(18)9-19-11/h10-11H,1-9,15H2. The van der Waals surface area contributed by atoms with Gasteiger partial charge in [0.05, 0.1) is 6.61 Å². The molecule has 1 aromatic heterocycles. The first-order valence-electron chi connectivity index (χ1n) is 7.69. The molecule has 6 nitrogen and oxygen atoms in total. The Morgan fingerprint density at radius 1 is 1.35 bits per heavy atom. The SMILES string of the molecule is NC1(Cc2nc(C3CN4CCCC4CO3)no2)CCC1. The highest BCUT2D eigenvalue weighted by molar-refractivity contribution is 5.03. The molecule has 1 aliphatic carbocycles. The van der Waals surface area contributed by atoms with Crippen LogP contribution in [0.15, 0.2) is 4.52 Å². The normalized spacial score (nSPS) is 32.9. The highest BCUT2D eigenvalue weighted by Crippen LogP contribution is 2.33. The van der Waals surface area contributed by atoms with Crippen LogP contribution < -0.4 is 5.73 Å². The molecule has 2 atom stereocenters. The summed E-state index contributed by atoms with van der Waals surface area (Å²) in [6.45, 7) is 2.84. The van der Waals surface area contributed by atoms with E-state index in [1.807, 2.05) is 0 Å². The number of hydrogen-bond acceptors (Lipinski definition) is 6. The van der Waals surface area contributed by atoms with Gasteiger partial charge in [0, 0.05) is 24.5 Å². The van der Waals surface area contributed by atoms with Crippen molar-refractivity contribution in [2.24, 2.45) is 5.73 Å². The van der Waals surface area contributed by atoms with Gasteiger partial charge in [-0.05, 0) is 38.6 Å². The smallest absolute Gasteiger partial charge is 0.228 e. The lowest BCUT2D eigenvalue weighted by atomic mass is 9.75. The van der Waals surface area contributed by atoms with E-state index in [9.17, 15) is 0 Å². The number of nitrogens with zero attached hydrogens (tertiary/aromatic N) is 3. The van der Waals surface area contributed by atoms with Crippen molar-refractivity contribution in [2.45, 2.75) is 56.2 Å². The Hall–Kier alpha value is -0.980. The minimum atomic E-state index is -0.114. The molecule has 1 aromatic rings. The van der Waals surface area contributed by atoms with E-state index in [-0.39, 0.29) is 11.6 Å². The van der Waals surface area contributed by atoms with Gasteiger partial charge in [-0.25, -0.2) is 0 Å². The number of nitrogens with two attached hydrogens (primary N) is 1. The van der Waals surface area contributed by atoms with Gasteiger partial charge in [-0.1, -0.05) is 5.16 Å². The van der Waals surface area contributed by atoms with Crippen LogP contribution in [-0.2, 0) is 11.2 Å². The van der Waals surface area contributed by atoms with E-state index < -0.39 is 0 Å².